The van der Waals surface area contributed by atoms with Crippen molar-refractivity contribution in [2.24, 2.45) is 10.9 Å². The number of likely N-dealkylation sites (tertiary alicyclic amines) is 1. The standard InChI is InChI=1S/C26H31N5OS/c1-18(2)11-12-28-25(32)22-17-33-24-19(3)31(16-21-10-6-5-9-20(21)15-27)26(29-23(22)24)30-13-7-4-8-14-30/h5-6,9-10,17-18H,3-4,7-8,11-14,16H2,1-2H3,(H,28,32). The molecule has 0 saturated carbocycles. The molecule has 3 heterocycles. The summed E-state index contributed by atoms with van der Waals surface area (Å²) in [6.07, 6.45) is 4.40. The zero-order valence-corrected chi connectivity index (χ0v) is 20.2. The van der Waals surface area contributed by atoms with Crippen LogP contribution in [-0.2, 0) is 6.54 Å². The maximum atomic E-state index is 12.9. The lowest BCUT2D eigenvalue weighted by atomic mass is 10.1. The molecular weight excluding hydrogens is 430 g/mol. The molecule has 0 atom stereocenters. The molecule has 0 aliphatic carbocycles. The van der Waals surface area contributed by atoms with Crippen LogP contribution < -0.4 is 5.32 Å². The van der Waals surface area contributed by atoms with Crippen molar-refractivity contribution in [3.8, 4) is 6.07 Å². The highest BCUT2D eigenvalue weighted by Crippen LogP contribution is 2.42. The van der Waals surface area contributed by atoms with E-state index in [4.69, 9.17) is 4.99 Å². The first-order valence-corrected chi connectivity index (χ1v) is 12.6. The Morgan fingerprint density at radius 2 is 2.03 bits per heavy atom. The lowest BCUT2D eigenvalue weighted by molar-refractivity contribution is 0.0953. The van der Waals surface area contributed by atoms with E-state index >= 15 is 0 Å². The number of nitrogens with zero attached hydrogens (tertiary/aromatic N) is 4. The number of piperidine rings is 1. The molecule has 1 amide bonds. The van der Waals surface area contributed by atoms with Crippen LogP contribution in [0.4, 0.5) is 5.69 Å². The van der Waals surface area contributed by atoms with Gasteiger partial charge in [-0.3, -0.25) is 4.79 Å². The first-order valence-electron chi connectivity index (χ1n) is 11.7. The minimum atomic E-state index is -0.0778. The van der Waals surface area contributed by atoms with E-state index in [1.54, 1.807) is 0 Å². The molecular formula is C26H31N5OS. The topological polar surface area (TPSA) is 71.7 Å². The number of guanidine groups is 1. The summed E-state index contributed by atoms with van der Waals surface area (Å²) in [5, 5.41) is 14.5. The fourth-order valence-corrected chi connectivity index (χ4v) is 5.21. The minimum absolute atomic E-state index is 0.0778. The molecule has 172 valence electrons. The summed E-state index contributed by atoms with van der Waals surface area (Å²) in [5.41, 5.74) is 3.77. The summed E-state index contributed by atoms with van der Waals surface area (Å²) in [7, 11) is 0. The van der Waals surface area contributed by atoms with Gasteiger partial charge in [-0.15, -0.1) is 11.3 Å². The van der Waals surface area contributed by atoms with E-state index in [1.165, 1.54) is 17.8 Å². The van der Waals surface area contributed by atoms with Crippen LogP contribution in [0.25, 0.3) is 5.70 Å². The molecule has 2 aromatic rings. The Labute approximate surface area is 200 Å². The minimum Gasteiger partial charge on any atom is -0.352 e. The van der Waals surface area contributed by atoms with Gasteiger partial charge in [-0.2, -0.15) is 5.26 Å². The number of nitrogens with one attached hydrogen (secondary N) is 1. The Morgan fingerprint density at radius 1 is 1.27 bits per heavy atom. The van der Waals surface area contributed by atoms with Crippen LogP contribution in [0.5, 0.6) is 0 Å². The van der Waals surface area contributed by atoms with Gasteiger partial charge in [0, 0.05) is 25.0 Å². The van der Waals surface area contributed by atoms with Crippen LogP contribution >= 0.6 is 11.3 Å². The smallest absolute Gasteiger partial charge is 0.254 e. The summed E-state index contributed by atoms with van der Waals surface area (Å²) in [6.45, 7) is 11.7. The van der Waals surface area contributed by atoms with Crippen molar-refractivity contribution in [2.75, 3.05) is 19.6 Å². The van der Waals surface area contributed by atoms with Gasteiger partial charge in [-0.1, -0.05) is 38.6 Å². The molecule has 1 N–H and O–H groups in total. The predicted octanol–water partition coefficient (Wildman–Crippen LogP) is 5.36. The zero-order valence-electron chi connectivity index (χ0n) is 19.4. The zero-order chi connectivity index (χ0) is 23.4. The number of carbonyl (C=O) groups is 1. The molecule has 0 unspecified atom stereocenters. The highest BCUT2D eigenvalue weighted by molar-refractivity contribution is 7.12. The molecule has 1 aromatic heterocycles. The van der Waals surface area contributed by atoms with E-state index in [-0.39, 0.29) is 5.91 Å². The molecule has 4 rings (SSSR count). The van der Waals surface area contributed by atoms with E-state index in [2.05, 4.69) is 41.6 Å². The van der Waals surface area contributed by atoms with E-state index in [9.17, 15) is 10.1 Å². The van der Waals surface area contributed by atoms with Crippen molar-refractivity contribution in [1.82, 2.24) is 15.1 Å². The normalized spacial score (nSPS) is 15.8. The number of fused-ring (bicyclic) bond motifs is 1. The summed E-state index contributed by atoms with van der Waals surface area (Å²) in [4.78, 5) is 23.3. The van der Waals surface area contributed by atoms with Crippen LogP contribution in [-0.4, -0.2) is 41.3 Å². The molecule has 1 saturated heterocycles. The average molecular weight is 462 g/mol. The maximum absolute atomic E-state index is 12.9. The molecule has 0 spiro atoms. The van der Waals surface area contributed by atoms with Gasteiger partial charge >= 0.3 is 0 Å². The van der Waals surface area contributed by atoms with Gasteiger partial charge in [-0.25, -0.2) is 4.99 Å². The number of carbonyl (C=O) groups excluding carboxylic acids is 1. The lowest BCUT2D eigenvalue weighted by Crippen LogP contribution is -2.46. The summed E-state index contributed by atoms with van der Waals surface area (Å²) < 4.78 is 0. The number of aliphatic imine (C=N–C) groups is 1. The van der Waals surface area contributed by atoms with Crippen LogP contribution in [0, 0.1) is 17.2 Å². The average Bonchev–Trinajstić information content (AvgIpc) is 3.25. The Morgan fingerprint density at radius 3 is 2.76 bits per heavy atom. The first-order chi connectivity index (χ1) is 16.0. The number of hydrogen-bond donors (Lipinski definition) is 1. The van der Waals surface area contributed by atoms with Crippen molar-refractivity contribution in [1.29, 1.82) is 5.26 Å². The largest absolute Gasteiger partial charge is 0.352 e. The molecule has 6 nitrogen and oxygen atoms in total. The predicted molar refractivity (Wildman–Crippen MR) is 134 cm³/mol. The summed E-state index contributed by atoms with van der Waals surface area (Å²) in [6, 6.07) is 9.96. The van der Waals surface area contributed by atoms with Gasteiger partial charge in [0.25, 0.3) is 5.91 Å². The number of benzene rings is 1. The number of rotatable bonds is 6. The van der Waals surface area contributed by atoms with Crippen LogP contribution in [0.1, 0.15) is 65.9 Å². The van der Waals surface area contributed by atoms with Gasteiger partial charge in [-0.05, 0) is 43.2 Å². The third kappa shape index (κ3) is 4.96. The second-order valence-corrected chi connectivity index (χ2v) is 9.91. The summed E-state index contributed by atoms with van der Waals surface area (Å²) >= 11 is 1.51. The molecule has 2 aliphatic heterocycles. The monoisotopic (exact) mass is 461 g/mol. The molecule has 2 aliphatic rings. The third-order valence-corrected chi connectivity index (χ3v) is 7.18. The Kier molecular flexibility index (Phi) is 7.14. The second kappa shape index (κ2) is 10.2. The van der Waals surface area contributed by atoms with E-state index in [0.717, 1.165) is 60.1 Å². The molecule has 33 heavy (non-hydrogen) atoms. The molecule has 1 fully saturated rings. The Bertz CT molecular complexity index is 1100. The molecule has 7 heteroatoms. The maximum Gasteiger partial charge on any atom is 0.254 e. The molecule has 0 radical (unpaired) electrons. The van der Waals surface area contributed by atoms with E-state index < -0.39 is 0 Å². The van der Waals surface area contributed by atoms with Crippen molar-refractivity contribution >= 4 is 34.6 Å². The van der Waals surface area contributed by atoms with E-state index in [1.807, 2.05) is 29.6 Å². The van der Waals surface area contributed by atoms with Crippen molar-refractivity contribution < 1.29 is 4.79 Å². The number of hydrogen-bond acceptors (Lipinski definition) is 6. The SMILES string of the molecule is C=C1c2scc(C(=O)NCCC(C)C)c2N=C(N2CCCCC2)N1Cc1ccccc1C#N. The number of amides is 1. The van der Waals surface area contributed by atoms with E-state index in [0.29, 0.717) is 30.1 Å². The Balaban J connectivity index is 1.68. The number of thiophene rings is 1. The molecule has 1 aromatic carbocycles. The lowest BCUT2D eigenvalue weighted by Gasteiger charge is -2.39. The number of nitriles is 1. The van der Waals surface area contributed by atoms with Crippen molar-refractivity contribution in [3.63, 3.8) is 0 Å². The van der Waals surface area contributed by atoms with Crippen molar-refractivity contribution in [2.45, 2.75) is 46.1 Å². The third-order valence-electron chi connectivity index (χ3n) is 6.16. The van der Waals surface area contributed by atoms with Gasteiger partial charge < -0.3 is 15.1 Å². The fourth-order valence-electron chi connectivity index (χ4n) is 4.24. The second-order valence-electron chi connectivity index (χ2n) is 9.03. The van der Waals surface area contributed by atoms with Crippen LogP contribution in [0.2, 0.25) is 0 Å². The van der Waals surface area contributed by atoms with Gasteiger partial charge in [0.15, 0.2) is 0 Å². The highest BCUT2D eigenvalue weighted by Gasteiger charge is 2.32. The quantitative estimate of drug-likeness (QED) is 0.629. The summed E-state index contributed by atoms with van der Waals surface area (Å²) in [5.74, 6) is 1.29. The first kappa shape index (κ1) is 23.1. The molecule has 0 bridgehead atoms. The van der Waals surface area contributed by atoms with Gasteiger partial charge in [0.1, 0.15) is 0 Å². The van der Waals surface area contributed by atoms with Gasteiger partial charge in [0.05, 0.1) is 40.0 Å². The highest BCUT2D eigenvalue weighted by atomic mass is 32.1. The Hall–Kier alpha value is -3.11. The van der Waals surface area contributed by atoms with Gasteiger partial charge in [0.2, 0.25) is 5.96 Å². The van der Waals surface area contributed by atoms with Crippen molar-refractivity contribution in [3.05, 3.63) is 57.8 Å². The fraction of sp³-hybridized carbons (Fsp3) is 0.423. The van der Waals surface area contributed by atoms with Crippen LogP contribution in [0.15, 0.2) is 41.2 Å². The van der Waals surface area contributed by atoms with Crippen LogP contribution in [0.3, 0.4) is 0 Å².